The van der Waals surface area contributed by atoms with Crippen LogP contribution in [0.25, 0.3) is 9.98 Å². The summed E-state index contributed by atoms with van der Waals surface area (Å²) in [5.74, 6) is 0. The van der Waals surface area contributed by atoms with Crippen LogP contribution >= 0.6 is 0 Å². The van der Waals surface area contributed by atoms with Crippen LogP contribution in [0.2, 0.25) is 157 Å². The van der Waals surface area contributed by atoms with Crippen LogP contribution in [-0.2, 0) is 10.8 Å². The van der Waals surface area contributed by atoms with E-state index in [-0.39, 0.29) is 10.8 Å². The van der Waals surface area contributed by atoms with Gasteiger partial charge in [-0.1, -0.05) is 0 Å². The van der Waals surface area contributed by atoms with Gasteiger partial charge in [-0.15, -0.1) is 0 Å². The quantitative estimate of drug-likeness (QED) is 0.0981. The predicted molar refractivity (Wildman–Crippen MR) is 368 cm³/mol. The monoisotopic (exact) mass is 1250 g/mol. The summed E-state index contributed by atoms with van der Waals surface area (Å²) in [5, 5.41) is 2.57. The summed E-state index contributed by atoms with van der Waals surface area (Å²) in [4.78, 5) is 3.15. The maximum atomic E-state index is 3.15. The summed E-state index contributed by atoms with van der Waals surface area (Å²) < 4.78 is 5.75. The minimum atomic E-state index is -2.69. The van der Waals surface area contributed by atoms with Crippen LogP contribution in [-0.4, -0.2) is 88.3 Å². The molecule has 0 spiro atoms. The molecule has 0 radical (unpaired) electrons. The van der Waals surface area contributed by atoms with Crippen molar-refractivity contribution in [3.8, 4) is 0 Å². The molecule has 0 unspecified atom stereocenters. The molecular formula is C64H110Ge2Si8. The van der Waals surface area contributed by atoms with Gasteiger partial charge in [0.1, 0.15) is 0 Å². The van der Waals surface area contributed by atoms with Crippen LogP contribution in [0.5, 0.6) is 0 Å². The molecule has 0 aromatic heterocycles. The van der Waals surface area contributed by atoms with E-state index in [0.29, 0.717) is 20.7 Å². The van der Waals surface area contributed by atoms with Gasteiger partial charge < -0.3 is 0 Å². The van der Waals surface area contributed by atoms with Crippen molar-refractivity contribution >= 4 is 107 Å². The van der Waals surface area contributed by atoms with E-state index in [1.807, 2.05) is 31.0 Å². The van der Waals surface area contributed by atoms with Gasteiger partial charge in [-0.05, 0) is 0 Å². The van der Waals surface area contributed by atoms with Crippen molar-refractivity contribution in [2.24, 2.45) is 0 Å². The van der Waals surface area contributed by atoms with Crippen LogP contribution in [0.1, 0.15) is 107 Å². The summed E-state index contributed by atoms with van der Waals surface area (Å²) in [7, 11) is -14.6. The normalized spacial score (nSPS) is 15.5. The summed E-state index contributed by atoms with van der Waals surface area (Å²) in [6, 6.07) is 35.6. The summed E-state index contributed by atoms with van der Waals surface area (Å²) in [6.07, 6.45) is 2.84. The second-order valence-electron chi connectivity index (χ2n) is 33.9. The molecule has 1 aliphatic heterocycles. The van der Waals surface area contributed by atoms with Crippen LogP contribution < -0.4 is 8.79 Å². The Bertz CT molecular complexity index is 2590. The van der Waals surface area contributed by atoms with Crippen molar-refractivity contribution in [3.05, 3.63) is 140 Å². The summed E-state index contributed by atoms with van der Waals surface area (Å²) in [6.45, 7) is 81.6. The van der Waals surface area contributed by atoms with Gasteiger partial charge in [-0.25, -0.2) is 0 Å². The first-order chi connectivity index (χ1) is 33.1. The van der Waals surface area contributed by atoms with E-state index in [4.69, 9.17) is 0 Å². The Morgan fingerprint density at radius 3 is 0.851 bits per heavy atom. The van der Waals surface area contributed by atoms with E-state index < -0.39 is 88.3 Å². The zero-order valence-corrected chi connectivity index (χ0v) is 65.7. The fourth-order valence-corrected chi connectivity index (χ4v) is 99.4. The number of hydrogen-bond acceptors (Lipinski definition) is 0. The molecule has 0 amide bonds. The zero-order chi connectivity index (χ0) is 56.7. The Morgan fingerprint density at radius 2 is 0.595 bits per heavy atom. The van der Waals surface area contributed by atoms with Crippen LogP contribution in [0.15, 0.2) is 95.9 Å². The second-order valence-corrected chi connectivity index (χ2v) is 97.1. The Kier molecular flexibility index (Phi) is 19.0. The van der Waals surface area contributed by atoms with Gasteiger partial charge >= 0.3 is 478 Å². The van der Waals surface area contributed by atoms with Crippen LogP contribution in [0.3, 0.4) is 0 Å². The van der Waals surface area contributed by atoms with E-state index >= 15 is 0 Å². The van der Waals surface area contributed by atoms with Gasteiger partial charge in [0.15, 0.2) is 0 Å². The van der Waals surface area contributed by atoms with E-state index in [9.17, 15) is 0 Å². The summed E-state index contributed by atoms with van der Waals surface area (Å²) in [5.41, 5.74) is 15.1. The fraction of sp³-hybridized carbons (Fsp3) is 0.562. The first-order valence-electron chi connectivity index (χ1n) is 28.7. The van der Waals surface area contributed by atoms with Crippen LogP contribution in [0.4, 0.5) is 0 Å². The van der Waals surface area contributed by atoms with Gasteiger partial charge in [0.05, 0.1) is 0 Å². The number of allylic oxidation sites excluding steroid dienone is 2. The molecule has 0 N–H and O–H groups in total. The van der Waals surface area contributed by atoms with Crippen LogP contribution in [0, 0.1) is 0 Å². The molecule has 10 heteroatoms. The van der Waals surface area contributed by atoms with Crippen molar-refractivity contribution in [2.45, 2.75) is 230 Å². The third-order valence-corrected chi connectivity index (χ3v) is 78.1. The topological polar surface area (TPSA) is 0 Å². The second kappa shape index (κ2) is 21.9. The van der Waals surface area contributed by atoms with Crippen molar-refractivity contribution < 1.29 is 0 Å². The predicted octanol–water partition coefficient (Wildman–Crippen LogP) is 19.1. The molecule has 4 aromatic carbocycles. The molecule has 0 aliphatic carbocycles. The molecule has 0 atom stereocenters. The molecular weight excluding hydrogens is 1140 g/mol. The summed E-state index contributed by atoms with van der Waals surface area (Å²) >= 11 is -5.34. The number of rotatable bonds is 16. The van der Waals surface area contributed by atoms with Crippen molar-refractivity contribution in [1.82, 2.24) is 0 Å². The average molecular weight is 1250 g/mol. The number of hydrogen-bond donors (Lipinski definition) is 0. The first kappa shape index (κ1) is 64.0. The van der Waals surface area contributed by atoms with Gasteiger partial charge in [0.25, 0.3) is 0 Å². The Morgan fingerprint density at radius 1 is 0.338 bits per heavy atom. The Labute approximate surface area is 473 Å². The van der Waals surface area contributed by atoms with Crippen molar-refractivity contribution in [1.29, 1.82) is 0 Å². The molecule has 74 heavy (non-hydrogen) atoms. The first-order valence-corrected chi connectivity index (χ1v) is 68.2. The molecule has 0 nitrogen and oxygen atoms in total. The Balaban J connectivity index is 2.48. The SMILES string of the molecule is CC(C)(C)c1cc(C([Si](C)(C)C)[Si](C)(C)C)[c]([Ge]2=[Ge]([c]3c(C([Si](C)(C)C)[Si](C)(C)C)cc(C(C)(C)C)cc3C([Si](C)(C)C)[Si](C)(C)C)[C](c3ccccc3)=CC(c3ccccc3)=[CH]2)c(C([Si](C)(C)C)[Si](C)(C)C)c1. The molecule has 1 heterocycles. The average Bonchev–Trinajstić information content (AvgIpc) is 3.16. The van der Waals surface area contributed by atoms with E-state index in [1.165, 1.54) is 16.7 Å². The maximum absolute atomic E-state index is 3.15. The van der Waals surface area contributed by atoms with Gasteiger partial charge in [0, 0.05) is 0 Å². The molecule has 0 saturated heterocycles. The fourth-order valence-electron chi connectivity index (χ4n) is 15.4. The molecule has 0 fully saturated rings. The van der Waals surface area contributed by atoms with Gasteiger partial charge in [-0.3, -0.25) is 0 Å². The zero-order valence-electron chi connectivity index (χ0n) is 53.5. The third kappa shape index (κ3) is 14.6. The molecule has 1 aliphatic rings. The molecule has 0 bridgehead atoms. The van der Waals surface area contributed by atoms with E-state index in [0.717, 1.165) is 0 Å². The molecule has 0 saturated carbocycles. The Hall–Kier alpha value is -0.819. The van der Waals surface area contributed by atoms with Crippen molar-refractivity contribution in [3.63, 3.8) is 0 Å². The third-order valence-electron chi connectivity index (χ3n) is 16.2. The molecule has 4 aromatic rings. The number of benzene rings is 4. The van der Waals surface area contributed by atoms with Gasteiger partial charge in [-0.2, -0.15) is 0 Å². The van der Waals surface area contributed by atoms with E-state index in [2.05, 4.69) is 295 Å². The molecule has 406 valence electrons. The van der Waals surface area contributed by atoms with Gasteiger partial charge in [0.2, 0.25) is 0 Å². The standard InChI is InChI=1S/C64H110Ge2Si8/c1-63(2,3)50-42-52(59(67(7,8)9)68(10,11)12)57(53(43-50)60(69(13,14)15)70(16,17)18)65-46-49(47-37-33-31-34-38-47)41-56(48-39-35-32-36-40-48)66(65)58-54(61(71(19,20)21)72(22,23)24)44-51(64(4,5)6)45-55(58)62(73(25,26)27)74(28,29)30/h31-46,59-62H,1-30H3. The van der Waals surface area contributed by atoms with Crippen molar-refractivity contribution in [2.75, 3.05) is 0 Å². The minimum absolute atomic E-state index is 0.0383. The van der Waals surface area contributed by atoms with E-state index in [1.54, 1.807) is 15.5 Å². The molecule has 5 rings (SSSR count).